The van der Waals surface area contributed by atoms with Crippen molar-refractivity contribution in [1.82, 2.24) is 5.01 Å². The minimum Gasteiger partial charge on any atom is -0.505 e. The van der Waals surface area contributed by atoms with E-state index in [1.807, 2.05) is 30.3 Å². The van der Waals surface area contributed by atoms with E-state index in [4.69, 9.17) is 10.8 Å². The lowest BCUT2D eigenvalue weighted by Gasteiger charge is -2.10. The van der Waals surface area contributed by atoms with E-state index in [1.54, 1.807) is 31.2 Å². The Balaban J connectivity index is 1.74. The second kappa shape index (κ2) is 10.5. The number of unbranched alkanes of at least 4 members (excludes halogenated alkanes) is 1. The van der Waals surface area contributed by atoms with Gasteiger partial charge >= 0.3 is 0 Å². The van der Waals surface area contributed by atoms with Gasteiger partial charge in [-0.25, -0.2) is 5.01 Å². The lowest BCUT2D eigenvalue weighted by Crippen LogP contribution is -2.29. The van der Waals surface area contributed by atoms with Crippen LogP contribution in [-0.4, -0.2) is 45.7 Å². The van der Waals surface area contributed by atoms with Crippen LogP contribution in [0.25, 0.3) is 12.2 Å². The van der Waals surface area contributed by atoms with Crippen molar-refractivity contribution in [1.29, 1.82) is 0 Å². The number of phenolic OH excluding ortho intramolecular Hbond substituents is 1. The van der Waals surface area contributed by atoms with Crippen LogP contribution in [0.2, 0.25) is 0 Å². The lowest BCUT2D eigenvalue weighted by atomic mass is 10.1. The minimum atomic E-state index is -0.308. The van der Waals surface area contributed by atoms with E-state index in [0.717, 1.165) is 11.1 Å². The summed E-state index contributed by atoms with van der Waals surface area (Å²) in [7, 11) is 0. The fourth-order valence-corrected chi connectivity index (χ4v) is 3.17. The molecule has 1 amide bonds. The van der Waals surface area contributed by atoms with E-state index in [2.05, 4.69) is 15.6 Å². The van der Waals surface area contributed by atoms with Crippen LogP contribution in [0.5, 0.6) is 5.75 Å². The Morgan fingerprint density at radius 3 is 2.65 bits per heavy atom. The molecule has 3 rings (SSSR count). The molecule has 0 saturated heterocycles. The Morgan fingerprint density at radius 1 is 1.13 bits per heavy atom. The van der Waals surface area contributed by atoms with Crippen molar-refractivity contribution in [2.75, 3.05) is 18.6 Å². The normalized spacial score (nSPS) is 15.2. The van der Waals surface area contributed by atoms with Gasteiger partial charge in [0.2, 0.25) is 0 Å². The number of aliphatic hydroxyl groups excluding tert-OH is 1. The van der Waals surface area contributed by atoms with Crippen LogP contribution in [0.15, 0.2) is 52.7 Å². The van der Waals surface area contributed by atoms with E-state index in [1.165, 1.54) is 5.01 Å². The Morgan fingerprint density at radius 2 is 1.87 bits per heavy atom. The molecule has 8 heteroatoms. The summed E-state index contributed by atoms with van der Waals surface area (Å²) in [6, 6.07) is 13.0. The third-order valence-electron chi connectivity index (χ3n) is 4.90. The molecule has 2 aromatic rings. The molecular weight excluding hydrogens is 394 g/mol. The molecule has 0 radical (unpaired) electrons. The third-order valence-corrected chi connectivity index (χ3v) is 4.90. The molecule has 2 aromatic carbocycles. The van der Waals surface area contributed by atoms with Crippen molar-refractivity contribution in [2.24, 2.45) is 15.9 Å². The van der Waals surface area contributed by atoms with Crippen LogP contribution >= 0.6 is 0 Å². The van der Waals surface area contributed by atoms with Gasteiger partial charge in [0.25, 0.3) is 5.91 Å². The van der Waals surface area contributed by atoms with E-state index >= 15 is 0 Å². The minimum absolute atomic E-state index is 0.0215. The molecule has 162 valence electrons. The van der Waals surface area contributed by atoms with Crippen molar-refractivity contribution >= 4 is 35.2 Å². The predicted octanol–water partition coefficient (Wildman–Crippen LogP) is 2.78. The molecule has 1 heterocycles. The number of carbonyl (C=O) groups excluding carboxylic acids is 1. The molecule has 0 atom stereocenters. The van der Waals surface area contributed by atoms with Crippen molar-refractivity contribution < 1.29 is 15.0 Å². The summed E-state index contributed by atoms with van der Waals surface area (Å²) in [5, 5.41) is 29.3. The summed E-state index contributed by atoms with van der Waals surface area (Å²) in [6.07, 6.45) is 4.96. The number of carbonyl (C=O) groups is 1. The highest BCUT2D eigenvalue weighted by Gasteiger charge is 2.29. The topological polar surface area (TPSA) is 124 Å². The first-order valence-electron chi connectivity index (χ1n) is 10.1. The fraction of sp³-hybridized carbons (Fsp3) is 0.261. The number of rotatable bonds is 9. The first-order valence-corrected chi connectivity index (χ1v) is 10.1. The molecule has 1 aliphatic heterocycles. The van der Waals surface area contributed by atoms with Gasteiger partial charge in [0, 0.05) is 25.3 Å². The summed E-state index contributed by atoms with van der Waals surface area (Å²) < 4.78 is 0. The summed E-state index contributed by atoms with van der Waals surface area (Å²) >= 11 is 0. The molecule has 0 fully saturated rings. The van der Waals surface area contributed by atoms with E-state index in [-0.39, 0.29) is 24.0 Å². The van der Waals surface area contributed by atoms with E-state index < -0.39 is 0 Å². The molecule has 0 aliphatic carbocycles. The molecule has 31 heavy (non-hydrogen) atoms. The quantitative estimate of drug-likeness (QED) is 0.215. The zero-order valence-electron chi connectivity index (χ0n) is 17.5. The van der Waals surface area contributed by atoms with Crippen LogP contribution in [0, 0.1) is 0 Å². The second-order valence-corrected chi connectivity index (χ2v) is 7.10. The Bertz CT molecular complexity index is 1030. The number of aromatic hydroxyl groups is 1. The van der Waals surface area contributed by atoms with Gasteiger partial charge in [-0.3, -0.25) is 10.2 Å². The lowest BCUT2D eigenvalue weighted by molar-refractivity contribution is -0.123. The molecule has 0 unspecified atom stereocenters. The van der Waals surface area contributed by atoms with Crippen molar-refractivity contribution in [2.45, 2.75) is 26.3 Å². The maximum Gasteiger partial charge on any atom is 0.296 e. The number of amides is 1. The monoisotopic (exact) mass is 421 g/mol. The molecule has 1 aliphatic rings. The summed E-state index contributed by atoms with van der Waals surface area (Å²) in [6.45, 7) is 2.64. The zero-order valence-corrected chi connectivity index (χ0v) is 17.5. The maximum atomic E-state index is 12.5. The second-order valence-electron chi connectivity index (χ2n) is 7.10. The molecule has 5 N–H and O–H groups in total. The number of phenols is 1. The van der Waals surface area contributed by atoms with E-state index in [9.17, 15) is 9.90 Å². The number of anilines is 1. The zero-order chi connectivity index (χ0) is 22.2. The smallest absolute Gasteiger partial charge is 0.296 e. The predicted molar refractivity (Wildman–Crippen MR) is 124 cm³/mol. The molecule has 0 bridgehead atoms. The number of aliphatic hydroxyl groups is 1. The summed E-state index contributed by atoms with van der Waals surface area (Å²) in [5.41, 5.74) is 12.2. The molecular formula is C23H27N5O3. The van der Waals surface area contributed by atoms with E-state index in [0.29, 0.717) is 42.9 Å². The first kappa shape index (κ1) is 22.2. The third kappa shape index (κ3) is 5.36. The van der Waals surface area contributed by atoms with Gasteiger partial charge in [-0.05, 0) is 37.0 Å². The highest BCUT2D eigenvalue weighted by atomic mass is 16.3. The van der Waals surface area contributed by atoms with Gasteiger partial charge in [-0.2, -0.15) is 10.2 Å². The van der Waals surface area contributed by atoms with Crippen LogP contribution in [-0.2, 0) is 11.3 Å². The number of nitrogens with one attached hydrogen (secondary N) is 1. The molecule has 0 aromatic heterocycles. The molecule has 0 saturated carbocycles. The van der Waals surface area contributed by atoms with Gasteiger partial charge < -0.3 is 15.9 Å². The van der Waals surface area contributed by atoms with Gasteiger partial charge in [0.15, 0.2) is 5.71 Å². The summed E-state index contributed by atoms with van der Waals surface area (Å²) in [4.78, 5) is 12.5. The van der Waals surface area contributed by atoms with Gasteiger partial charge in [0.05, 0.1) is 11.4 Å². The number of hydrogen-bond acceptors (Lipinski definition) is 7. The van der Waals surface area contributed by atoms with Crippen molar-refractivity contribution in [3.8, 4) is 5.75 Å². The number of hydrazone groups is 2. The van der Waals surface area contributed by atoms with Crippen LogP contribution in [0.4, 0.5) is 5.69 Å². The fourth-order valence-electron chi connectivity index (χ4n) is 3.17. The Hall–Kier alpha value is -3.49. The number of para-hydroxylation sites is 1. The first-order chi connectivity index (χ1) is 15.0. The maximum absolute atomic E-state index is 12.5. The molecule has 0 spiro atoms. The Labute approximate surface area is 181 Å². The Kier molecular flexibility index (Phi) is 7.53. The highest BCUT2D eigenvalue weighted by Crippen LogP contribution is 2.29. The van der Waals surface area contributed by atoms with Crippen LogP contribution < -0.4 is 11.2 Å². The number of nitrogens with zero attached hydrogens (tertiary/aromatic N) is 3. The average molecular weight is 422 g/mol. The average Bonchev–Trinajstić information content (AvgIpc) is 3.05. The number of nitrogens with two attached hydrogens (primary N) is 1. The number of benzene rings is 2. The van der Waals surface area contributed by atoms with Crippen molar-refractivity contribution in [3.63, 3.8) is 0 Å². The van der Waals surface area contributed by atoms with Crippen molar-refractivity contribution in [3.05, 3.63) is 59.2 Å². The SMILES string of the molecule is CC1=NN(CCCCO)C(=O)C1=NNc1cccc(/C=C/c2ccccc2CN)c1O. The van der Waals surface area contributed by atoms with Gasteiger partial charge in [-0.1, -0.05) is 48.6 Å². The summed E-state index contributed by atoms with van der Waals surface area (Å²) in [5.74, 6) is -0.287. The highest BCUT2D eigenvalue weighted by molar-refractivity contribution is 6.68. The van der Waals surface area contributed by atoms with Crippen LogP contribution in [0.3, 0.4) is 0 Å². The molecule has 8 nitrogen and oxygen atoms in total. The van der Waals surface area contributed by atoms with Gasteiger partial charge in [0.1, 0.15) is 5.75 Å². The van der Waals surface area contributed by atoms with Crippen LogP contribution in [0.1, 0.15) is 36.5 Å². The number of hydrogen-bond donors (Lipinski definition) is 4. The standard InChI is InChI=1S/C23H27N5O3/c1-16-21(23(31)28(27-16)13-4-5-14-29)26-25-20-10-6-9-18(22(20)30)12-11-17-7-2-3-8-19(17)15-24/h2-3,6-12,25,29-30H,4-5,13-15,24H2,1H3/b12-11+,26-21?. The van der Waals surface area contributed by atoms with Gasteiger partial charge in [-0.15, -0.1) is 0 Å². The largest absolute Gasteiger partial charge is 0.505 e.